The standard InChI is InChI=1S/C48H39OP2/c1-5-16-40(17-6-1)50(41-18-7-2-8-19-41)42-30-28-39(29-31-42)49-34-35-51(43-20-9-3-10-21-43,44-22-11-4-12-23-44)46-33-27-38-25-24-36-14-13-15-37-26-32-45(46)48(38)47(36)37/h1-25,27-33,48H,26,34-35H2/q+1. The van der Waals surface area contributed by atoms with Crippen molar-refractivity contribution >= 4 is 47.8 Å². The molecular formula is C48H39OP2+. The largest absolute Gasteiger partial charge is 0.490 e. The molecule has 6 aromatic carbocycles. The van der Waals surface area contributed by atoms with E-state index < -0.39 is 15.2 Å². The maximum absolute atomic E-state index is 6.75. The molecule has 0 radical (unpaired) electrons. The third-order valence-corrected chi connectivity index (χ3v) is 17.4. The number of rotatable bonds is 10. The molecule has 1 atom stereocenters. The van der Waals surface area contributed by atoms with Gasteiger partial charge < -0.3 is 4.74 Å². The van der Waals surface area contributed by atoms with Crippen LogP contribution in [0.25, 0.3) is 6.08 Å². The molecule has 6 aromatic rings. The molecule has 0 heterocycles. The van der Waals surface area contributed by atoms with Gasteiger partial charge in [-0.25, -0.2) is 0 Å². The van der Waals surface area contributed by atoms with Crippen LogP contribution in [0.4, 0.5) is 0 Å². The number of benzene rings is 6. The Balaban J connectivity index is 1.08. The van der Waals surface area contributed by atoms with Gasteiger partial charge in [-0.2, -0.15) is 0 Å². The van der Waals surface area contributed by atoms with Crippen LogP contribution in [-0.2, 0) is 6.42 Å². The van der Waals surface area contributed by atoms with E-state index in [1.54, 1.807) is 0 Å². The quantitative estimate of drug-likeness (QED) is 0.130. The van der Waals surface area contributed by atoms with E-state index in [9.17, 15) is 0 Å². The topological polar surface area (TPSA) is 9.23 Å². The van der Waals surface area contributed by atoms with Crippen LogP contribution in [0, 0.1) is 0 Å². The molecule has 0 spiro atoms. The molecule has 0 amide bonds. The summed E-state index contributed by atoms with van der Waals surface area (Å²) in [4.78, 5) is 0. The first-order valence-electron chi connectivity index (χ1n) is 17.8. The molecule has 1 nitrogen and oxygen atoms in total. The lowest BCUT2D eigenvalue weighted by Crippen LogP contribution is -2.32. The highest BCUT2D eigenvalue weighted by atomic mass is 31.2. The fraction of sp³-hybridized carbons (Fsp3) is 0.0833. The molecule has 9 rings (SSSR count). The fourth-order valence-corrected chi connectivity index (χ4v) is 14.8. The molecule has 0 aromatic heterocycles. The van der Waals surface area contributed by atoms with Crippen molar-refractivity contribution in [3.8, 4) is 5.75 Å². The smallest absolute Gasteiger partial charge is 0.123 e. The van der Waals surface area contributed by atoms with Crippen molar-refractivity contribution in [3.63, 3.8) is 0 Å². The minimum absolute atomic E-state index is 0.277. The van der Waals surface area contributed by atoms with Gasteiger partial charge in [0.15, 0.2) is 0 Å². The fourth-order valence-electron chi connectivity index (χ4n) is 8.22. The van der Waals surface area contributed by atoms with Gasteiger partial charge in [0.25, 0.3) is 0 Å². The van der Waals surface area contributed by atoms with Gasteiger partial charge in [0.1, 0.15) is 41.7 Å². The van der Waals surface area contributed by atoms with Crippen molar-refractivity contribution in [2.24, 2.45) is 0 Å². The third-order valence-electron chi connectivity index (χ3n) is 10.5. The first kappa shape index (κ1) is 31.9. The van der Waals surface area contributed by atoms with Crippen molar-refractivity contribution in [2.75, 3.05) is 12.8 Å². The van der Waals surface area contributed by atoms with Crippen LogP contribution >= 0.6 is 15.2 Å². The summed E-state index contributed by atoms with van der Waals surface area (Å²) in [6.07, 6.45) is 13.9. The van der Waals surface area contributed by atoms with E-state index in [1.807, 2.05) is 0 Å². The minimum atomic E-state index is -2.13. The van der Waals surface area contributed by atoms with Crippen LogP contribution in [0.2, 0.25) is 0 Å². The van der Waals surface area contributed by atoms with Gasteiger partial charge in [-0.15, -0.1) is 0 Å². The average Bonchev–Trinajstić information content (AvgIpc) is 3.21. The summed E-state index contributed by atoms with van der Waals surface area (Å²) in [6.45, 7) is 0.622. The van der Waals surface area contributed by atoms with Crippen LogP contribution < -0.4 is 31.3 Å². The Hall–Kier alpha value is -5.06. The zero-order chi connectivity index (χ0) is 34.0. The zero-order valence-electron chi connectivity index (χ0n) is 28.5. The maximum Gasteiger partial charge on any atom is 0.123 e. The summed E-state index contributed by atoms with van der Waals surface area (Å²) in [5.41, 5.74) is 7.19. The van der Waals surface area contributed by atoms with Crippen LogP contribution in [0.1, 0.15) is 22.6 Å². The molecular weight excluding hydrogens is 654 g/mol. The number of hydrogen-bond acceptors (Lipinski definition) is 1. The predicted molar refractivity (Wildman–Crippen MR) is 221 cm³/mol. The van der Waals surface area contributed by atoms with Gasteiger partial charge in [0, 0.05) is 11.5 Å². The second-order valence-electron chi connectivity index (χ2n) is 13.3. The van der Waals surface area contributed by atoms with E-state index in [4.69, 9.17) is 4.74 Å². The number of allylic oxidation sites excluding steroid dienone is 7. The van der Waals surface area contributed by atoms with Crippen LogP contribution in [-0.4, -0.2) is 12.8 Å². The monoisotopic (exact) mass is 693 g/mol. The molecule has 3 aliphatic carbocycles. The Kier molecular flexibility index (Phi) is 8.71. The average molecular weight is 694 g/mol. The van der Waals surface area contributed by atoms with Crippen LogP contribution in [0.3, 0.4) is 0 Å². The van der Waals surface area contributed by atoms with Crippen LogP contribution in [0.15, 0.2) is 205 Å². The molecule has 0 saturated carbocycles. The van der Waals surface area contributed by atoms with Gasteiger partial charge in [0.05, 0.1) is 0 Å². The summed E-state index contributed by atoms with van der Waals surface area (Å²) in [6, 6.07) is 60.0. The molecule has 0 aliphatic heterocycles. The van der Waals surface area contributed by atoms with Crippen molar-refractivity contribution in [1.29, 1.82) is 0 Å². The van der Waals surface area contributed by atoms with Crippen molar-refractivity contribution in [3.05, 3.63) is 221 Å². The van der Waals surface area contributed by atoms with E-state index in [0.717, 1.165) is 18.3 Å². The van der Waals surface area contributed by atoms with Gasteiger partial charge in [-0.3, -0.25) is 0 Å². The molecule has 3 aliphatic rings. The first-order valence-corrected chi connectivity index (χ1v) is 21.2. The molecule has 1 unspecified atom stereocenters. The molecule has 3 heteroatoms. The third kappa shape index (κ3) is 5.86. The SMILES string of the molecule is C1=Cc2cccc3c2C2C1=CC=C([P+](CCOc1ccc(P(c4ccccc4)c4ccccc4)cc1)(c1ccccc1)c1ccccc1)C2=CC3. The normalized spacial score (nSPS) is 15.8. The lowest BCUT2D eigenvalue weighted by molar-refractivity contribution is 0.343. The lowest BCUT2D eigenvalue weighted by atomic mass is 9.71. The summed E-state index contributed by atoms with van der Waals surface area (Å²) in [7, 11) is -2.80. The summed E-state index contributed by atoms with van der Waals surface area (Å²) in [5.74, 6) is 1.20. The van der Waals surface area contributed by atoms with Crippen molar-refractivity contribution in [2.45, 2.75) is 12.3 Å². The van der Waals surface area contributed by atoms with Crippen molar-refractivity contribution < 1.29 is 4.74 Å². The molecule has 0 saturated heterocycles. The Bertz CT molecular complexity index is 2210. The highest BCUT2D eigenvalue weighted by Crippen LogP contribution is 2.69. The highest BCUT2D eigenvalue weighted by molar-refractivity contribution is 7.93. The van der Waals surface area contributed by atoms with E-state index >= 15 is 0 Å². The summed E-state index contributed by atoms with van der Waals surface area (Å²) in [5, 5.41) is 8.32. The van der Waals surface area contributed by atoms with Gasteiger partial charge in [-0.1, -0.05) is 152 Å². The molecule has 0 fully saturated rings. The molecule has 0 bridgehead atoms. The predicted octanol–water partition coefficient (Wildman–Crippen LogP) is 9.61. The van der Waals surface area contributed by atoms with E-state index in [1.165, 1.54) is 59.7 Å². The van der Waals surface area contributed by atoms with E-state index in [0.29, 0.717) is 6.61 Å². The van der Waals surface area contributed by atoms with Gasteiger partial charge >= 0.3 is 0 Å². The Morgan fingerprint density at radius 3 is 1.78 bits per heavy atom. The van der Waals surface area contributed by atoms with Gasteiger partial charge in [0.2, 0.25) is 0 Å². The summed E-state index contributed by atoms with van der Waals surface area (Å²) >= 11 is 0. The number of hydrogen-bond donors (Lipinski definition) is 0. The summed E-state index contributed by atoms with van der Waals surface area (Å²) < 4.78 is 6.75. The molecule has 0 N–H and O–H groups in total. The number of ether oxygens (including phenoxy) is 1. The van der Waals surface area contributed by atoms with Crippen LogP contribution in [0.5, 0.6) is 5.75 Å². The highest BCUT2D eigenvalue weighted by Gasteiger charge is 2.51. The van der Waals surface area contributed by atoms with Crippen molar-refractivity contribution in [1.82, 2.24) is 0 Å². The van der Waals surface area contributed by atoms with E-state index in [2.05, 4.69) is 194 Å². The first-order chi connectivity index (χ1) is 25.3. The Morgan fingerprint density at radius 1 is 0.569 bits per heavy atom. The van der Waals surface area contributed by atoms with E-state index in [-0.39, 0.29) is 5.92 Å². The second-order valence-corrected chi connectivity index (χ2v) is 19.1. The Labute approximate surface area is 303 Å². The lowest BCUT2D eigenvalue weighted by Gasteiger charge is -2.39. The van der Waals surface area contributed by atoms with Gasteiger partial charge in [-0.05, 0) is 95.0 Å². The Morgan fingerprint density at radius 2 is 1.16 bits per heavy atom. The zero-order valence-corrected chi connectivity index (χ0v) is 30.3. The molecule has 51 heavy (non-hydrogen) atoms. The molecule has 246 valence electrons. The maximum atomic E-state index is 6.75. The second kappa shape index (κ2) is 13.9. The minimum Gasteiger partial charge on any atom is -0.490 e.